The highest BCUT2D eigenvalue weighted by Gasteiger charge is 2.30. The van der Waals surface area contributed by atoms with Crippen molar-refractivity contribution in [2.24, 2.45) is 17.8 Å². The molecular weight excluding hydrogens is 242 g/mol. The zero-order valence-electron chi connectivity index (χ0n) is 13.6. The lowest BCUT2D eigenvalue weighted by molar-refractivity contribution is 0.169. The van der Waals surface area contributed by atoms with Gasteiger partial charge in [-0.1, -0.05) is 64.4 Å². The van der Waals surface area contributed by atoms with Gasteiger partial charge in [0.05, 0.1) is 0 Å². The van der Waals surface area contributed by atoms with Crippen LogP contribution >= 0.6 is 0 Å². The third-order valence-electron chi connectivity index (χ3n) is 5.08. The molecule has 0 heterocycles. The molecule has 112 valence electrons. The predicted molar refractivity (Wildman–Crippen MR) is 88.0 cm³/mol. The summed E-state index contributed by atoms with van der Waals surface area (Å²) in [6.07, 6.45) is 4.16. The van der Waals surface area contributed by atoms with Crippen molar-refractivity contribution in [1.82, 2.24) is 5.32 Å². The molecule has 4 unspecified atom stereocenters. The standard InChI is InChI=1S/C19H31N/c1-14(2)18-11-10-15(3)12-19(18)20-13-16(4)17-8-6-5-7-9-17/h5-9,14-16,18-20H,10-13H2,1-4H3. The van der Waals surface area contributed by atoms with Gasteiger partial charge in [-0.15, -0.1) is 0 Å². The van der Waals surface area contributed by atoms with Crippen LogP contribution in [0.1, 0.15) is 58.4 Å². The molecule has 1 fully saturated rings. The molecule has 1 heteroatoms. The molecule has 1 aliphatic rings. The molecule has 0 radical (unpaired) electrons. The van der Waals surface area contributed by atoms with Crippen LogP contribution in [0, 0.1) is 17.8 Å². The van der Waals surface area contributed by atoms with Gasteiger partial charge in [-0.2, -0.15) is 0 Å². The van der Waals surface area contributed by atoms with E-state index < -0.39 is 0 Å². The Morgan fingerprint density at radius 2 is 1.80 bits per heavy atom. The highest BCUT2D eigenvalue weighted by molar-refractivity contribution is 5.19. The first-order chi connectivity index (χ1) is 9.58. The van der Waals surface area contributed by atoms with Crippen LogP contribution in [0.25, 0.3) is 0 Å². The van der Waals surface area contributed by atoms with E-state index in [1.54, 1.807) is 0 Å². The monoisotopic (exact) mass is 273 g/mol. The third kappa shape index (κ3) is 4.09. The van der Waals surface area contributed by atoms with E-state index in [0.29, 0.717) is 12.0 Å². The van der Waals surface area contributed by atoms with Crippen molar-refractivity contribution in [3.8, 4) is 0 Å². The maximum Gasteiger partial charge on any atom is 0.0100 e. The van der Waals surface area contributed by atoms with Gasteiger partial charge in [-0.05, 0) is 42.1 Å². The summed E-state index contributed by atoms with van der Waals surface area (Å²) in [6, 6.07) is 11.6. The van der Waals surface area contributed by atoms with Crippen molar-refractivity contribution in [2.45, 2.75) is 58.9 Å². The Balaban J connectivity index is 1.90. The molecule has 1 nitrogen and oxygen atoms in total. The first-order valence-electron chi connectivity index (χ1n) is 8.36. The van der Waals surface area contributed by atoms with E-state index in [1.165, 1.54) is 24.8 Å². The van der Waals surface area contributed by atoms with Gasteiger partial charge >= 0.3 is 0 Å². The van der Waals surface area contributed by atoms with E-state index in [0.717, 1.165) is 24.3 Å². The molecule has 4 atom stereocenters. The topological polar surface area (TPSA) is 12.0 Å². The summed E-state index contributed by atoms with van der Waals surface area (Å²) in [4.78, 5) is 0. The third-order valence-corrected chi connectivity index (χ3v) is 5.08. The average molecular weight is 273 g/mol. The van der Waals surface area contributed by atoms with Crippen LogP contribution in [0.15, 0.2) is 30.3 Å². The maximum atomic E-state index is 3.88. The molecule has 1 aliphatic carbocycles. The molecule has 1 saturated carbocycles. The Morgan fingerprint density at radius 3 is 2.45 bits per heavy atom. The van der Waals surface area contributed by atoms with Crippen molar-refractivity contribution in [3.63, 3.8) is 0 Å². The number of hydrogen-bond donors (Lipinski definition) is 1. The Kier molecular flexibility index (Phi) is 5.65. The lowest BCUT2D eigenvalue weighted by atomic mass is 9.74. The minimum absolute atomic E-state index is 0.598. The zero-order chi connectivity index (χ0) is 14.5. The average Bonchev–Trinajstić information content (AvgIpc) is 2.45. The summed E-state index contributed by atoms with van der Waals surface area (Å²) in [7, 11) is 0. The quantitative estimate of drug-likeness (QED) is 0.809. The van der Waals surface area contributed by atoms with Gasteiger partial charge < -0.3 is 5.32 Å². The fourth-order valence-corrected chi connectivity index (χ4v) is 3.66. The van der Waals surface area contributed by atoms with Crippen molar-refractivity contribution in [1.29, 1.82) is 0 Å². The van der Waals surface area contributed by atoms with Gasteiger partial charge in [0.1, 0.15) is 0 Å². The smallest absolute Gasteiger partial charge is 0.0100 e. The van der Waals surface area contributed by atoms with Crippen molar-refractivity contribution < 1.29 is 0 Å². The second-order valence-corrected chi connectivity index (χ2v) is 7.15. The van der Waals surface area contributed by atoms with E-state index in [-0.39, 0.29) is 0 Å². The fraction of sp³-hybridized carbons (Fsp3) is 0.684. The van der Waals surface area contributed by atoms with Gasteiger partial charge in [0.2, 0.25) is 0 Å². The summed E-state index contributed by atoms with van der Waals surface area (Å²) in [5.74, 6) is 3.14. The normalized spacial score (nSPS) is 28.6. The summed E-state index contributed by atoms with van der Waals surface area (Å²) in [5, 5.41) is 3.88. The lowest BCUT2D eigenvalue weighted by Gasteiger charge is -2.38. The summed E-state index contributed by atoms with van der Waals surface area (Å²) < 4.78 is 0. The first kappa shape index (κ1) is 15.6. The number of hydrogen-bond acceptors (Lipinski definition) is 1. The van der Waals surface area contributed by atoms with E-state index in [1.807, 2.05) is 0 Å². The van der Waals surface area contributed by atoms with Gasteiger partial charge in [-0.25, -0.2) is 0 Å². The summed E-state index contributed by atoms with van der Waals surface area (Å²) in [5.41, 5.74) is 1.45. The van der Waals surface area contributed by atoms with Crippen LogP contribution in [-0.2, 0) is 0 Å². The SMILES string of the molecule is CC1CCC(C(C)C)C(NCC(C)c2ccccc2)C1. The van der Waals surface area contributed by atoms with Gasteiger partial charge in [-0.3, -0.25) is 0 Å². The molecule has 0 amide bonds. The predicted octanol–water partition coefficient (Wildman–Crippen LogP) is 4.84. The molecule has 0 aliphatic heterocycles. The van der Waals surface area contributed by atoms with Crippen molar-refractivity contribution in [2.75, 3.05) is 6.54 Å². The Bertz CT molecular complexity index is 384. The van der Waals surface area contributed by atoms with Crippen molar-refractivity contribution in [3.05, 3.63) is 35.9 Å². The molecular formula is C19H31N. The van der Waals surface area contributed by atoms with Crippen LogP contribution in [0.4, 0.5) is 0 Å². The number of benzene rings is 1. The Morgan fingerprint density at radius 1 is 1.10 bits per heavy atom. The van der Waals surface area contributed by atoms with Crippen molar-refractivity contribution >= 4 is 0 Å². The molecule has 1 N–H and O–H groups in total. The van der Waals surface area contributed by atoms with Crippen LogP contribution in [0.3, 0.4) is 0 Å². The van der Waals surface area contributed by atoms with E-state index >= 15 is 0 Å². The largest absolute Gasteiger partial charge is 0.313 e. The van der Waals surface area contributed by atoms with E-state index in [2.05, 4.69) is 63.3 Å². The Labute approximate surface area is 125 Å². The summed E-state index contributed by atoms with van der Waals surface area (Å²) >= 11 is 0. The molecule has 0 spiro atoms. The minimum Gasteiger partial charge on any atom is -0.313 e. The number of rotatable bonds is 5. The molecule has 1 aromatic carbocycles. The molecule has 0 bridgehead atoms. The lowest BCUT2D eigenvalue weighted by Crippen LogP contribution is -2.44. The minimum atomic E-state index is 0.598. The van der Waals surface area contributed by atoms with Gasteiger partial charge in [0, 0.05) is 12.6 Å². The second-order valence-electron chi connectivity index (χ2n) is 7.15. The van der Waals surface area contributed by atoms with Crippen LogP contribution in [0.5, 0.6) is 0 Å². The molecule has 2 rings (SSSR count). The second kappa shape index (κ2) is 7.26. The van der Waals surface area contributed by atoms with Crippen LogP contribution < -0.4 is 5.32 Å². The van der Waals surface area contributed by atoms with E-state index in [9.17, 15) is 0 Å². The molecule has 20 heavy (non-hydrogen) atoms. The highest BCUT2D eigenvalue weighted by atomic mass is 14.9. The van der Waals surface area contributed by atoms with Gasteiger partial charge in [0.25, 0.3) is 0 Å². The van der Waals surface area contributed by atoms with Gasteiger partial charge in [0.15, 0.2) is 0 Å². The maximum absolute atomic E-state index is 3.88. The van der Waals surface area contributed by atoms with Crippen LogP contribution in [0.2, 0.25) is 0 Å². The number of nitrogens with one attached hydrogen (secondary N) is 1. The summed E-state index contributed by atoms with van der Waals surface area (Å²) in [6.45, 7) is 10.6. The zero-order valence-corrected chi connectivity index (χ0v) is 13.6. The highest BCUT2D eigenvalue weighted by Crippen LogP contribution is 2.33. The Hall–Kier alpha value is -0.820. The molecule has 0 saturated heterocycles. The molecule has 0 aromatic heterocycles. The fourth-order valence-electron chi connectivity index (χ4n) is 3.66. The first-order valence-corrected chi connectivity index (χ1v) is 8.36. The van der Waals surface area contributed by atoms with E-state index in [4.69, 9.17) is 0 Å². The van der Waals surface area contributed by atoms with Crippen LogP contribution in [-0.4, -0.2) is 12.6 Å². The molecule has 1 aromatic rings.